The second kappa shape index (κ2) is 4.94. The van der Waals surface area contributed by atoms with Crippen LogP contribution >= 0.6 is 0 Å². The van der Waals surface area contributed by atoms with Crippen molar-refractivity contribution in [3.8, 4) is 0 Å². The van der Waals surface area contributed by atoms with Gasteiger partial charge in [0.2, 0.25) is 5.91 Å². The Hall–Kier alpha value is -0.610. The molecule has 3 atom stereocenters. The van der Waals surface area contributed by atoms with E-state index in [1.165, 1.54) is 0 Å². The largest absolute Gasteiger partial charge is 0.377 e. The third-order valence-corrected chi connectivity index (χ3v) is 3.32. The summed E-state index contributed by atoms with van der Waals surface area (Å²) in [6.45, 7) is 12.8. The van der Waals surface area contributed by atoms with Crippen molar-refractivity contribution in [2.24, 2.45) is 0 Å². The lowest BCUT2D eigenvalue weighted by atomic mass is 9.93. The van der Waals surface area contributed by atoms with Crippen LogP contribution in [0.3, 0.4) is 0 Å². The number of hydrogen-bond acceptors (Lipinski definition) is 3. The minimum absolute atomic E-state index is 0.0397. The van der Waals surface area contributed by atoms with Crippen LogP contribution < -0.4 is 10.6 Å². The van der Waals surface area contributed by atoms with E-state index >= 15 is 0 Å². The second-order valence-corrected chi connectivity index (χ2v) is 6.29. The number of rotatable bonds is 3. The van der Waals surface area contributed by atoms with Crippen molar-refractivity contribution in [3.63, 3.8) is 0 Å². The molecule has 1 fully saturated rings. The Labute approximate surface area is 104 Å². The van der Waals surface area contributed by atoms with Crippen molar-refractivity contribution in [2.75, 3.05) is 6.61 Å². The molecular weight excluding hydrogens is 216 g/mol. The molecule has 0 aromatic carbocycles. The molecule has 1 amide bonds. The van der Waals surface area contributed by atoms with Crippen molar-refractivity contribution in [3.05, 3.63) is 0 Å². The van der Waals surface area contributed by atoms with Crippen LogP contribution in [0.15, 0.2) is 0 Å². The van der Waals surface area contributed by atoms with Crippen molar-refractivity contribution < 1.29 is 9.53 Å². The number of amides is 1. The number of carbonyl (C=O) groups excluding carboxylic acids is 1. The van der Waals surface area contributed by atoms with E-state index in [0.717, 1.165) is 13.0 Å². The first kappa shape index (κ1) is 14.5. The number of ether oxygens (including phenoxy) is 1. The summed E-state index contributed by atoms with van der Waals surface area (Å²) in [5.74, 6) is 0.0397. The molecule has 1 aliphatic heterocycles. The van der Waals surface area contributed by atoms with E-state index in [9.17, 15) is 4.79 Å². The van der Waals surface area contributed by atoms with Crippen LogP contribution in [0, 0.1) is 0 Å². The van der Waals surface area contributed by atoms with Crippen LogP contribution in [0.2, 0.25) is 0 Å². The predicted octanol–water partition coefficient (Wildman–Crippen LogP) is 1.45. The molecule has 4 nitrogen and oxygen atoms in total. The summed E-state index contributed by atoms with van der Waals surface area (Å²) in [7, 11) is 0. The maximum absolute atomic E-state index is 12.0. The van der Waals surface area contributed by atoms with E-state index in [2.05, 4.69) is 17.6 Å². The van der Waals surface area contributed by atoms with Crippen LogP contribution in [0.4, 0.5) is 0 Å². The molecule has 17 heavy (non-hydrogen) atoms. The Kier molecular flexibility index (Phi) is 4.20. The van der Waals surface area contributed by atoms with Gasteiger partial charge in [0.05, 0.1) is 12.1 Å². The first-order valence-electron chi connectivity index (χ1n) is 6.35. The summed E-state index contributed by atoms with van der Waals surface area (Å²) < 4.78 is 5.56. The van der Waals surface area contributed by atoms with E-state index in [1.807, 2.05) is 34.6 Å². The Balaban J connectivity index is 2.54. The minimum Gasteiger partial charge on any atom is -0.377 e. The van der Waals surface area contributed by atoms with Crippen LogP contribution in [0.25, 0.3) is 0 Å². The fourth-order valence-electron chi connectivity index (χ4n) is 2.06. The summed E-state index contributed by atoms with van der Waals surface area (Å²) in [5.41, 5.74) is -0.291. The van der Waals surface area contributed by atoms with Gasteiger partial charge in [-0.2, -0.15) is 0 Å². The van der Waals surface area contributed by atoms with Gasteiger partial charge in [-0.25, -0.2) is 0 Å². The fraction of sp³-hybridized carbons (Fsp3) is 0.923. The monoisotopic (exact) mass is 242 g/mol. The molecule has 1 heterocycles. The maximum atomic E-state index is 12.0. The molecular formula is C13H26N2O2. The lowest BCUT2D eigenvalue weighted by molar-refractivity contribution is -0.124. The highest BCUT2D eigenvalue weighted by Crippen LogP contribution is 2.25. The Bertz CT molecular complexity index is 286. The fourth-order valence-corrected chi connectivity index (χ4v) is 2.06. The molecule has 2 N–H and O–H groups in total. The topological polar surface area (TPSA) is 50.4 Å². The molecule has 100 valence electrons. The average molecular weight is 242 g/mol. The van der Waals surface area contributed by atoms with E-state index in [1.54, 1.807) is 0 Å². The van der Waals surface area contributed by atoms with Gasteiger partial charge in [-0.3, -0.25) is 10.1 Å². The van der Waals surface area contributed by atoms with Crippen molar-refractivity contribution in [2.45, 2.75) is 71.2 Å². The number of nitrogens with one attached hydrogen (secondary N) is 2. The molecule has 3 unspecified atom stereocenters. The number of carbonyl (C=O) groups is 1. The highest BCUT2D eigenvalue weighted by Gasteiger charge is 2.39. The molecule has 1 aliphatic rings. The Morgan fingerprint density at radius 2 is 2.06 bits per heavy atom. The van der Waals surface area contributed by atoms with Gasteiger partial charge in [-0.05, 0) is 48.0 Å². The molecule has 4 heteroatoms. The van der Waals surface area contributed by atoms with Gasteiger partial charge in [0, 0.05) is 17.7 Å². The van der Waals surface area contributed by atoms with Gasteiger partial charge in [0.1, 0.15) is 0 Å². The smallest absolute Gasteiger partial charge is 0.237 e. The van der Waals surface area contributed by atoms with Gasteiger partial charge >= 0.3 is 0 Å². The van der Waals surface area contributed by atoms with Crippen LogP contribution in [0.5, 0.6) is 0 Å². The van der Waals surface area contributed by atoms with Gasteiger partial charge in [0.25, 0.3) is 0 Å². The van der Waals surface area contributed by atoms with E-state index in [4.69, 9.17) is 4.74 Å². The normalized spacial score (nSPS) is 31.3. The van der Waals surface area contributed by atoms with Crippen molar-refractivity contribution >= 4 is 5.91 Å². The third kappa shape index (κ3) is 3.96. The van der Waals surface area contributed by atoms with Crippen molar-refractivity contribution in [1.82, 2.24) is 10.6 Å². The molecule has 1 saturated heterocycles. The molecule has 0 spiro atoms. The third-order valence-electron chi connectivity index (χ3n) is 3.32. The van der Waals surface area contributed by atoms with Crippen LogP contribution in [-0.4, -0.2) is 35.7 Å². The van der Waals surface area contributed by atoms with Crippen LogP contribution in [-0.2, 0) is 9.53 Å². The highest BCUT2D eigenvalue weighted by molar-refractivity contribution is 5.82. The van der Waals surface area contributed by atoms with Crippen molar-refractivity contribution in [1.29, 1.82) is 0 Å². The molecule has 0 radical (unpaired) electrons. The predicted molar refractivity (Wildman–Crippen MR) is 68.9 cm³/mol. The summed E-state index contributed by atoms with van der Waals surface area (Å²) in [6, 6.07) is -0.205. The van der Waals surface area contributed by atoms with Gasteiger partial charge in [-0.1, -0.05) is 0 Å². The summed E-state index contributed by atoms with van der Waals surface area (Å²) in [6.07, 6.45) is 1.09. The molecule has 0 aromatic heterocycles. The molecule has 0 saturated carbocycles. The lowest BCUT2D eigenvalue weighted by Gasteiger charge is -2.33. The highest BCUT2D eigenvalue weighted by atomic mass is 16.5. The summed E-state index contributed by atoms with van der Waals surface area (Å²) in [5, 5.41) is 6.37. The Morgan fingerprint density at radius 3 is 2.47 bits per heavy atom. The summed E-state index contributed by atoms with van der Waals surface area (Å²) in [4.78, 5) is 12.0. The quantitative estimate of drug-likeness (QED) is 0.787. The standard InChI is InChI=1S/C13H26N2O2/c1-9(11(16)15-12(3,4)5)14-13(6)7-8-17-10(13)2/h9-10,14H,7-8H2,1-6H3,(H,15,16). The van der Waals surface area contributed by atoms with Gasteiger partial charge < -0.3 is 10.1 Å². The first-order valence-corrected chi connectivity index (χ1v) is 6.35. The lowest BCUT2D eigenvalue weighted by Crippen LogP contribution is -2.58. The maximum Gasteiger partial charge on any atom is 0.237 e. The molecule has 0 aliphatic carbocycles. The Morgan fingerprint density at radius 1 is 1.47 bits per heavy atom. The number of hydrogen-bond donors (Lipinski definition) is 2. The zero-order valence-corrected chi connectivity index (χ0v) is 11.9. The van der Waals surface area contributed by atoms with E-state index < -0.39 is 0 Å². The van der Waals surface area contributed by atoms with E-state index in [0.29, 0.717) is 0 Å². The average Bonchev–Trinajstić information content (AvgIpc) is 2.44. The zero-order chi connectivity index (χ0) is 13.3. The molecule has 0 bridgehead atoms. The van der Waals surface area contributed by atoms with Crippen LogP contribution in [0.1, 0.15) is 48.0 Å². The second-order valence-electron chi connectivity index (χ2n) is 6.29. The first-order chi connectivity index (χ1) is 7.64. The molecule has 0 aromatic rings. The summed E-state index contributed by atoms with van der Waals surface area (Å²) >= 11 is 0. The van der Waals surface area contributed by atoms with Gasteiger partial charge in [0.15, 0.2) is 0 Å². The zero-order valence-electron chi connectivity index (χ0n) is 11.9. The SMILES string of the molecule is CC(NC1(C)CCOC1C)C(=O)NC(C)(C)C. The van der Waals surface area contributed by atoms with Gasteiger partial charge in [-0.15, -0.1) is 0 Å². The molecule has 1 rings (SSSR count). The van der Waals surface area contributed by atoms with E-state index in [-0.39, 0.29) is 29.1 Å². The minimum atomic E-state index is -0.205.